The number of ketones is 1. The van der Waals surface area contributed by atoms with Gasteiger partial charge in [-0.05, 0) is 60.2 Å². The van der Waals surface area contributed by atoms with Crippen LogP contribution in [-0.2, 0) is 9.59 Å². The number of aliphatic hydroxyl groups is 1. The van der Waals surface area contributed by atoms with Gasteiger partial charge in [0.15, 0.2) is 0 Å². The molecule has 1 aliphatic heterocycles. The van der Waals surface area contributed by atoms with Crippen molar-refractivity contribution in [3.8, 4) is 5.75 Å². The van der Waals surface area contributed by atoms with Gasteiger partial charge in [-0.25, -0.2) is 8.78 Å². The summed E-state index contributed by atoms with van der Waals surface area (Å²) in [4.78, 5) is 27.1. The van der Waals surface area contributed by atoms with Crippen molar-refractivity contribution < 1.29 is 28.2 Å². The van der Waals surface area contributed by atoms with Gasteiger partial charge in [-0.15, -0.1) is 0 Å². The number of halogens is 3. The smallest absolute Gasteiger partial charge is 0.300 e. The number of anilines is 1. The zero-order chi connectivity index (χ0) is 23.0. The fraction of sp³-hybridized carbons (Fsp3) is 0.0833. The van der Waals surface area contributed by atoms with Crippen molar-refractivity contribution in [2.24, 2.45) is 0 Å². The van der Waals surface area contributed by atoms with Gasteiger partial charge in [-0.3, -0.25) is 14.5 Å². The fourth-order valence-electron chi connectivity index (χ4n) is 3.63. The maximum Gasteiger partial charge on any atom is 0.300 e. The number of carbonyl (C=O) groups excluding carboxylic acids is 2. The van der Waals surface area contributed by atoms with Gasteiger partial charge in [-0.1, -0.05) is 23.7 Å². The number of aliphatic hydroxyl groups excluding tert-OH is 1. The van der Waals surface area contributed by atoms with E-state index in [0.717, 1.165) is 17.0 Å². The van der Waals surface area contributed by atoms with Gasteiger partial charge in [0.1, 0.15) is 23.1 Å². The average Bonchev–Trinajstić information content (AvgIpc) is 3.05. The highest BCUT2D eigenvalue weighted by atomic mass is 35.5. The summed E-state index contributed by atoms with van der Waals surface area (Å²) in [7, 11) is 1.43. The van der Waals surface area contributed by atoms with Crippen LogP contribution in [0.4, 0.5) is 14.5 Å². The molecule has 0 aliphatic carbocycles. The summed E-state index contributed by atoms with van der Waals surface area (Å²) in [6.07, 6.45) is 0. The second-order valence-corrected chi connectivity index (χ2v) is 7.45. The monoisotopic (exact) mass is 455 g/mol. The Hall–Kier alpha value is -3.71. The van der Waals surface area contributed by atoms with Crippen molar-refractivity contribution in [3.63, 3.8) is 0 Å². The van der Waals surface area contributed by atoms with E-state index in [1.807, 2.05) is 0 Å². The lowest BCUT2D eigenvalue weighted by Crippen LogP contribution is -2.29. The van der Waals surface area contributed by atoms with Gasteiger partial charge in [0.2, 0.25) is 0 Å². The molecule has 1 aliphatic rings. The zero-order valence-electron chi connectivity index (χ0n) is 16.7. The maximum atomic E-state index is 13.6. The van der Waals surface area contributed by atoms with Crippen LogP contribution < -0.4 is 9.64 Å². The van der Waals surface area contributed by atoms with Gasteiger partial charge in [0.25, 0.3) is 11.7 Å². The lowest BCUT2D eigenvalue weighted by atomic mass is 9.95. The Labute approximate surface area is 187 Å². The number of methoxy groups -OCH3 is 1. The molecule has 1 atom stereocenters. The zero-order valence-corrected chi connectivity index (χ0v) is 17.4. The molecule has 0 saturated carbocycles. The highest BCUT2D eigenvalue weighted by Gasteiger charge is 2.47. The molecule has 162 valence electrons. The number of hydrogen-bond donors (Lipinski definition) is 1. The molecule has 1 heterocycles. The summed E-state index contributed by atoms with van der Waals surface area (Å²) in [5.41, 5.74) is 0.623. The van der Waals surface area contributed by atoms with Crippen molar-refractivity contribution in [2.45, 2.75) is 6.04 Å². The summed E-state index contributed by atoms with van der Waals surface area (Å²) >= 11 is 6.16. The summed E-state index contributed by atoms with van der Waals surface area (Å²) in [6, 6.07) is 13.5. The molecule has 3 aromatic carbocycles. The number of Topliss-reactive ketones (excluding diaryl/α,β-unsaturated/α-hetero) is 1. The first-order valence-electron chi connectivity index (χ1n) is 9.47. The van der Waals surface area contributed by atoms with Crippen molar-refractivity contribution in [1.82, 2.24) is 0 Å². The third kappa shape index (κ3) is 3.71. The molecule has 5 nitrogen and oxygen atoms in total. The maximum absolute atomic E-state index is 13.6. The largest absolute Gasteiger partial charge is 0.507 e. The van der Waals surface area contributed by atoms with E-state index in [9.17, 15) is 23.5 Å². The molecule has 1 amide bonds. The van der Waals surface area contributed by atoms with E-state index < -0.39 is 35.1 Å². The van der Waals surface area contributed by atoms with Crippen LogP contribution in [0.2, 0.25) is 5.02 Å². The number of hydrogen-bond acceptors (Lipinski definition) is 4. The Morgan fingerprint density at radius 2 is 1.56 bits per heavy atom. The first kappa shape index (κ1) is 21.5. The number of amides is 1. The van der Waals surface area contributed by atoms with Gasteiger partial charge < -0.3 is 9.84 Å². The minimum absolute atomic E-state index is 0.194. The van der Waals surface area contributed by atoms with E-state index in [1.54, 1.807) is 0 Å². The van der Waals surface area contributed by atoms with Gasteiger partial charge in [0.05, 0.1) is 23.7 Å². The van der Waals surface area contributed by atoms with Crippen LogP contribution >= 0.6 is 11.6 Å². The van der Waals surface area contributed by atoms with Crippen LogP contribution in [0.5, 0.6) is 5.75 Å². The number of carbonyl (C=O) groups is 2. The predicted molar refractivity (Wildman–Crippen MR) is 116 cm³/mol. The fourth-order valence-corrected chi connectivity index (χ4v) is 3.89. The summed E-state index contributed by atoms with van der Waals surface area (Å²) < 4.78 is 32.1. The second kappa shape index (κ2) is 8.43. The normalized spacial score (nSPS) is 17.6. The molecular weight excluding hydrogens is 440 g/mol. The Morgan fingerprint density at radius 3 is 2.12 bits per heavy atom. The molecule has 0 bridgehead atoms. The summed E-state index contributed by atoms with van der Waals surface area (Å²) in [6.45, 7) is 0. The molecule has 4 rings (SSSR count). The van der Waals surface area contributed by atoms with Crippen LogP contribution in [-0.4, -0.2) is 23.9 Å². The van der Waals surface area contributed by atoms with Crippen LogP contribution in [0.3, 0.4) is 0 Å². The lowest BCUT2D eigenvalue weighted by Gasteiger charge is -2.25. The van der Waals surface area contributed by atoms with Gasteiger partial charge in [0, 0.05) is 11.3 Å². The van der Waals surface area contributed by atoms with Crippen molar-refractivity contribution >= 4 is 34.7 Å². The van der Waals surface area contributed by atoms with Crippen LogP contribution in [0.25, 0.3) is 5.76 Å². The molecule has 1 unspecified atom stereocenters. The quantitative estimate of drug-likeness (QED) is 0.331. The topological polar surface area (TPSA) is 66.8 Å². The Morgan fingerprint density at radius 1 is 0.969 bits per heavy atom. The lowest BCUT2D eigenvalue weighted by molar-refractivity contribution is -0.132. The Bertz CT molecular complexity index is 1240. The van der Waals surface area contributed by atoms with E-state index in [4.69, 9.17) is 16.3 Å². The van der Waals surface area contributed by atoms with E-state index in [2.05, 4.69) is 0 Å². The molecule has 1 fully saturated rings. The third-order valence-electron chi connectivity index (χ3n) is 5.16. The van der Waals surface area contributed by atoms with Crippen LogP contribution in [0, 0.1) is 11.6 Å². The minimum Gasteiger partial charge on any atom is -0.507 e. The molecule has 0 radical (unpaired) electrons. The van der Waals surface area contributed by atoms with E-state index in [-0.39, 0.29) is 21.8 Å². The first-order valence-corrected chi connectivity index (χ1v) is 9.85. The van der Waals surface area contributed by atoms with E-state index in [1.165, 1.54) is 61.7 Å². The second-order valence-electron chi connectivity index (χ2n) is 7.05. The molecule has 1 saturated heterocycles. The third-order valence-corrected chi connectivity index (χ3v) is 5.46. The molecule has 8 heteroatoms. The predicted octanol–water partition coefficient (Wildman–Crippen LogP) is 5.25. The van der Waals surface area contributed by atoms with Gasteiger partial charge >= 0.3 is 0 Å². The van der Waals surface area contributed by atoms with Crippen molar-refractivity contribution in [3.05, 3.63) is 100 Å². The highest BCUT2D eigenvalue weighted by molar-refractivity contribution is 6.51. The Balaban J connectivity index is 1.93. The molecular formula is C24H16ClF2NO4. The minimum atomic E-state index is -1.07. The number of ether oxygens (including phenoxy) is 1. The summed E-state index contributed by atoms with van der Waals surface area (Å²) in [5.74, 6) is -2.96. The molecule has 32 heavy (non-hydrogen) atoms. The van der Waals surface area contributed by atoms with Crippen molar-refractivity contribution in [2.75, 3.05) is 12.0 Å². The standard InChI is InChI=1S/C24H16ClF2NO4/c1-32-19-11-4-14(12-18(19)25)22(29)20-21(13-2-5-15(26)6-3-13)28(24(31)23(20)30)17-9-7-16(27)8-10-17/h2-12,21,29H,1H3/b22-20-. The van der Waals surface area contributed by atoms with Gasteiger partial charge in [-0.2, -0.15) is 0 Å². The Kier molecular flexibility index (Phi) is 5.67. The highest BCUT2D eigenvalue weighted by Crippen LogP contribution is 2.42. The molecule has 0 aromatic heterocycles. The average molecular weight is 456 g/mol. The molecule has 3 aromatic rings. The summed E-state index contributed by atoms with van der Waals surface area (Å²) in [5, 5.41) is 11.2. The number of nitrogens with zero attached hydrogens (tertiary/aromatic N) is 1. The van der Waals surface area contributed by atoms with E-state index in [0.29, 0.717) is 11.3 Å². The van der Waals surface area contributed by atoms with Crippen LogP contribution in [0.15, 0.2) is 72.3 Å². The molecule has 0 spiro atoms. The first-order chi connectivity index (χ1) is 15.3. The van der Waals surface area contributed by atoms with Crippen LogP contribution in [0.1, 0.15) is 17.2 Å². The SMILES string of the molecule is COc1ccc(/C(O)=C2/C(=O)C(=O)N(c3ccc(F)cc3)C2c2ccc(F)cc2)cc1Cl. The number of rotatable bonds is 4. The number of benzene rings is 3. The molecule has 1 N–H and O–H groups in total. The van der Waals surface area contributed by atoms with E-state index >= 15 is 0 Å². The van der Waals surface area contributed by atoms with Crippen molar-refractivity contribution in [1.29, 1.82) is 0 Å².